The highest BCUT2D eigenvalue weighted by Crippen LogP contribution is 2.53. The highest BCUT2D eigenvalue weighted by molar-refractivity contribution is 14.1. The van der Waals surface area contributed by atoms with Crippen LogP contribution in [0.5, 0.6) is 5.75 Å². The molecule has 0 saturated heterocycles. The van der Waals surface area contributed by atoms with E-state index in [2.05, 4.69) is 83.1 Å². The maximum Gasteiger partial charge on any atom is 0.145 e. The van der Waals surface area contributed by atoms with Crippen LogP contribution in [0.3, 0.4) is 0 Å². The molecule has 0 atom stereocenters. The third kappa shape index (κ3) is 1.88. The molecule has 94 valence electrons. The number of nitriles is 1. The van der Waals surface area contributed by atoms with Gasteiger partial charge in [0.2, 0.25) is 0 Å². The number of phenols is 1. The van der Waals surface area contributed by atoms with Gasteiger partial charge < -0.3 is 5.11 Å². The van der Waals surface area contributed by atoms with Crippen molar-refractivity contribution in [2.24, 2.45) is 0 Å². The van der Waals surface area contributed by atoms with Crippen LogP contribution in [0.15, 0.2) is 21.1 Å². The molecule has 4 rings (SSSR count). The van der Waals surface area contributed by atoms with E-state index in [4.69, 9.17) is 0 Å². The van der Waals surface area contributed by atoms with E-state index in [1.165, 1.54) is 0 Å². The Morgan fingerprint density at radius 3 is 2.05 bits per heavy atom. The lowest BCUT2D eigenvalue weighted by Crippen LogP contribution is -1.91. The summed E-state index contributed by atoms with van der Waals surface area (Å²) in [6, 6.07) is 6.35. The molecule has 0 unspecified atom stereocenters. The van der Waals surface area contributed by atoms with Crippen LogP contribution in [-0.4, -0.2) is 5.11 Å². The monoisotopic (exact) mass is 601 g/mol. The zero-order valence-corrected chi connectivity index (χ0v) is 16.5. The number of phenolic OH excluding ortho intramolecular Hbond substituents is 1. The molecule has 1 N–H and O–H groups in total. The number of aromatic hydroxyl groups is 1. The van der Waals surface area contributed by atoms with Crippen LogP contribution in [0.4, 0.5) is 0 Å². The first-order valence-electron chi connectivity index (χ1n) is 5.11. The third-order valence-corrected chi connectivity index (χ3v) is 6.29. The maximum atomic E-state index is 10.2. The molecule has 0 spiro atoms. The molecule has 19 heavy (non-hydrogen) atoms. The second kappa shape index (κ2) is 4.86. The second-order valence-corrected chi connectivity index (χ2v) is 7.94. The Bertz CT molecular complexity index is 773. The van der Waals surface area contributed by atoms with Crippen LogP contribution in [0, 0.1) is 18.5 Å². The smallest absolute Gasteiger partial charge is 0.145 e. The van der Waals surface area contributed by atoms with Gasteiger partial charge in [0.15, 0.2) is 0 Å². The van der Waals surface area contributed by atoms with Crippen molar-refractivity contribution in [2.75, 3.05) is 0 Å². The van der Waals surface area contributed by atoms with E-state index in [1.54, 1.807) is 0 Å². The van der Waals surface area contributed by atoms with Gasteiger partial charge in [-0.2, -0.15) is 5.26 Å². The molecule has 0 aromatic heterocycles. The van der Waals surface area contributed by atoms with Crippen molar-refractivity contribution >= 4 is 77.0 Å². The lowest BCUT2D eigenvalue weighted by Gasteiger charge is -2.12. The molecule has 2 aliphatic carbocycles. The van der Waals surface area contributed by atoms with E-state index >= 15 is 0 Å². The number of hydrogen-bond acceptors (Lipinski definition) is 2. The standard InChI is InChI=1S/C13H3Br2I2NO/c14-11-8-4-1-6(16)10(7(17)2-4)9(5(8)3-18)12(15)13(11)19/h1-2,19H. The molecule has 2 aliphatic rings. The zero-order valence-electron chi connectivity index (χ0n) is 9.06. The SMILES string of the molecule is N#Cc1c2c(Br)c(O)c(Br)c1-c1c(I)cc-2cc1I. The molecule has 6 heteroatoms. The Kier molecular flexibility index (Phi) is 3.61. The molecule has 2 aromatic carbocycles. The van der Waals surface area contributed by atoms with Crippen LogP contribution in [0.25, 0.3) is 22.3 Å². The average Bonchev–Trinajstić information content (AvgIpc) is 2.54. The fraction of sp³-hybridized carbons (Fsp3) is 0. The Hall–Kier alpha value is 0.150. The number of hydrogen-bond donors (Lipinski definition) is 1. The number of halogens is 4. The van der Waals surface area contributed by atoms with Crippen molar-refractivity contribution in [3.05, 3.63) is 33.8 Å². The van der Waals surface area contributed by atoms with E-state index in [1.807, 2.05) is 12.1 Å². The molecule has 0 fully saturated rings. The molecule has 0 radical (unpaired) electrons. The second-order valence-electron chi connectivity index (χ2n) is 4.03. The quantitative estimate of drug-likeness (QED) is 0.339. The normalized spacial score (nSPS) is 11.3. The van der Waals surface area contributed by atoms with Crippen molar-refractivity contribution in [3.63, 3.8) is 0 Å². The fourth-order valence-corrected chi connectivity index (χ4v) is 6.05. The highest BCUT2D eigenvalue weighted by Gasteiger charge is 2.29. The van der Waals surface area contributed by atoms with Crippen molar-refractivity contribution in [3.8, 4) is 34.1 Å². The summed E-state index contributed by atoms with van der Waals surface area (Å²) in [5, 5.41) is 19.7. The van der Waals surface area contributed by atoms with Crippen LogP contribution in [-0.2, 0) is 0 Å². The van der Waals surface area contributed by atoms with E-state index < -0.39 is 0 Å². The number of nitrogens with zero attached hydrogens (tertiary/aromatic N) is 1. The van der Waals surface area contributed by atoms with Gasteiger partial charge in [0, 0.05) is 23.8 Å². The molecule has 2 aromatic rings. The summed E-state index contributed by atoms with van der Waals surface area (Å²) in [7, 11) is 0. The highest BCUT2D eigenvalue weighted by atomic mass is 127. The van der Waals surface area contributed by atoms with Gasteiger partial charge in [0.1, 0.15) is 11.8 Å². The predicted octanol–water partition coefficient (Wildman–Crippen LogP) is 5.65. The van der Waals surface area contributed by atoms with Crippen molar-refractivity contribution in [1.82, 2.24) is 0 Å². The Morgan fingerprint density at radius 1 is 1.00 bits per heavy atom. The Morgan fingerprint density at radius 2 is 1.53 bits per heavy atom. The first kappa shape index (κ1) is 14.1. The summed E-state index contributed by atoms with van der Waals surface area (Å²) < 4.78 is 3.26. The summed E-state index contributed by atoms with van der Waals surface area (Å²) in [6.07, 6.45) is 0. The minimum Gasteiger partial charge on any atom is -0.506 e. The van der Waals surface area contributed by atoms with Gasteiger partial charge in [-0.1, -0.05) is 0 Å². The van der Waals surface area contributed by atoms with Crippen LogP contribution >= 0.6 is 77.0 Å². The lowest BCUT2D eigenvalue weighted by molar-refractivity contribution is 0.469. The molecular formula is C13H3Br2I2NO. The number of fused-ring (bicyclic) bond motifs is 2. The summed E-state index contributed by atoms with van der Waals surface area (Å²) in [6.45, 7) is 0. The average molecular weight is 603 g/mol. The molecule has 0 heterocycles. The summed E-state index contributed by atoms with van der Waals surface area (Å²) >= 11 is 11.4. The fourth-order valence-electron chi connectivity index (χ4n) is 2.25. The zero-order chi connectivity index (χ0) is 13.9. The predicted molar refractivity (Wildman–Crippen MR) is 98.1 cm³/mol. The van der Waals surface area contributed by atoms with Crippen molar-refractivity contribution < 1.29 is 5.11 Å². The number of benzene rings is 2. The topological polar surface area (TPSA) is 44.0 Å². The maximum absolute atomic E-state index is 10.2. The van der Waals surface area contributed by atoms with Gasteiger partial charge in [0.25, 0.3) is 0 Å². The lowest BCUT2D eigenvalue weighted by atomic mass is 9.98. The summed E-state index contributed by atoms with van der Waals surface area (Å²) in [5.74, 6) is 0.137. The van der Waals surface area contributed by atoms with Crippen LogP contribution < -0.4 is 0 Å². The van der Waals surface area contributed by atoms with Gasteiger partial charge in [-0.05, 0) is 94.7 Å². The molecule has 2 nitrogen and oxygen atoms in total. The number of rotatable bonds is 0. The molecular weight excluding hydrogens is 600 g/mol. The molecule has 0 amide bonds. The molecule has 0 saturated carbocycles. The van der Waals surface area contributed by atoms with Gasteiger partial charge in [0.05, 0.1) is 14.5 Å². The minimum absolute atomic E-state index is 0.137. The first-order chi connectivity index (χ1) is 8.97. The van der Waals surface area contributed by atoms with Crippen LogP contribution in [0.2, 0.25) is 0 Å². The largest absolute Gasteiger partial charge is 0.506 e. The van der Waals surface area contributed by atoms with Gasteiger partial charge in [-0.25, -0.2) is 0 Å². The minimum atomic E-state index is 0.137. The van der Waals surface area contributed by atoms with Crippen molar-refractivity contribution in [1.29, 1.82) is 5.26 Å². The Balaban J connectivity index is 2.68. The Labute approximate surface area is 153 Å². The van der Waals surface area contributed by atoms with E-state index in [0.29, 0.717) is 14.5 Å². The van der Waals surface area contributed by atoms with E-state index in [0.717, 1.165) is 29.4 Å². The van der Waals surface area contributed by atoms with E-state index in [-0.39, 0.29) is 5.75 Å². The first-order valence-corrected chi connectivity index (χ1v) is 8.85. The molecule has 0 aliphatic heterocycles. The van der Waals surface area contributed by atoms with Crippen LogP contribution in [0.1, 0.15) is 5.56 Å². The van der Waals surface area contributed by atoms with Crippen molar-refractivity contribution in [2.45, 2.75) is 0 Å². The van der Waals surface area contributed by atoms with E-state index in [9.17, 15) is 10.4 Å². The van der Waals surface area contributed by atoms with Gasteiger partial charge >= 0.3 is 0 Å². The summed E-state index contributed by atoms with van der Waals surface area (Å²) in [5.41, 5.74) is 4.06. The molecule has 4 bridgehead atoms. The van der Waals surface area contributed by atoms with Gasteiger partial charge in [-0.3, -0.25) is 0 Å². The summed E-state index contributed by atoms with van der Waals surface area (Å²) in [4.78, 5) is 0. The van der Waals surface area contributed by atoms with Gasteiger partial charge in [-0.15, -0.1) is 0 Å². The third-order valence-electron chi connectivity index (χ3n) is 3.05.